The zero-order valence-electron chi connectivity index (χ0n) is 23.8. The van der Waals surface area contributed by atoms with Crippen molar-refractivity contribution in [2.45, 2.75) is 97.3 Å². The average molecular weight is 564 g/mol. The fraction of sp³-hybridized carbons (Fsp3) is 0.700. The highest BCUT2D eigenvalue weighted by Crippen LogP contribution is 2.51. The molecule has 3 rings (SSSR count). The van der Waals surface area contributed by atoms with Crippen molar-refractivity contribution >= 4 is 25.2 Å². The molecule has 9 heteroatoms. The van der Waals surface area contributed by atoms with E-state index >= 15 is 0 Å². The fourth-order valence-electron chi connectivity index (χ4n) is 5.80. The molecule has 218 valence electrons. The van der Waals surface area contributed by atoms with Gasteiger partial charge in [-0.1, -0.05) is 83.2 Å². The van der Waals surface area contributed by atoms with Crippen LogP contribution < -0.4 is 0 Å². The molecule has 1 heterocycles. The molecule has 0 radical (unpaired) electrons. The molecule has 8 nitrogen and oxygen atoms in total. The summed E-state index contributed by atoms with van der Waals surface area (Å²) < 4.78 is 25.7. The summed E-state index contributed by atoms with van der Waals surface area (Å²) in [6, 6.07) is 9.10. The molecule has 1 aromatic carbocycles. The summed E-state index contributed by atoms with van der Waals surface area (Å²) in [5.41, 5.74) is 1.18. The maximum absolute atomic E-state index is 14.2. The highest BCUT2D eigenvalue weighted by molar-refractivity contribution is 7.59. The Hall–Kier alpha value is -2.18. The van der Waals surface area contributed by atoms with Gasteiger partial charge in [-0.3, -0.25) is 18.7 Å². The number of aliphatic carboxylic acids is 1. The molecule has 1 aromatic rings. The number of benzene rings is 1. The van der Waals surface area contributed by atoms with Crippen LogP contribution in [0.5, 0.6) is 0 Å². The maximum Gasteiger partial charge on any atom is 0.326 e. The van der Waals surface area contributed by atoms with E-state index in [1.54, 1.807) is 6.92 Å². The van der Waals surface area contributed by atoms with Gasteiger partial charge < -0.3 is 14.7 Å². The number of esters is 1. The van der Waals surface area contributed by atoms with E-state index in [4.69, 9.17) is 9.26 Å². The average Bonchev–Trinajstić information content (AvgIpc) is 3.38. The molecule has 1 amide bonds. The molecule has 0 bridgehead atoms. The van der Waals surface area contributed by atoms with Gasteiger partial charge in [-0.15, -0.1) is 0 Å². The molecular formula is C30H46NO7P. The minimum atomic E-state index is -3.60. The van der Waals surface area contributed by atoms with Gasteiger partial charge in [0, 0.05) is 25.0 Å². The van der Waals surface area contributed by atoms with Crippen LogP contribution in [0.1, 0.15) is 84.1 Å². The van der Waals surface area contributed by atoms with Crippen LogP contribution in [0.3, 0.4) is 0 Å². The summed E-state index contributed by atoms with van der Waals surface area (Å²) >= 11 is 0. The van der Waals surface area contributed by atoms with Gasteiger partial charge in [-0.25, -0.2) is 4.79 Å². The quantitative estimate of drug-likeness (QED) is 0.126. The zero-order chi connectivity index (χ0) is 28.4. The van der Waals surface area contributed by atoms with Gasteiger partial charge >= 0.3 is 11.9 Å². The van der Waals surface area contributed by atoms with Crippen LogP contribution in [-0.2, 0) is 34.6 Å². The third-order valence-electron chi connectivity index (χ3n) is 8.07. The van der Waals surface area contributed by atoms with Crippen molar-refractivity contribution in [1.82, 2.24) is 4.90 Å². The second-order valence-corrected chi connectivity index (χ2v) is 14.1. The predicted octanol–water partition coefficient (Wildman–Crippen LogP) is 6.12. The van der Waals surface area contributed by atoms with Crippen LogP contribution in [0, 0.1) is 17.8 Å². The number of amides is 1. The minimum Gasteiger partial charge on any atom is -0.480 e. The number of carboxylic acids is 1. The maximum atomic E-state index is 14.2. The largest absolute Gasteiger partial charge is 0.480 e. The lowest BCUT2D eigenvalue weighted by Gasteiger charge is -2.30. The van der Waals surface area contributed by atoms with Crippen molar-refractivity contribution in [3.63, 3.8) is 0 Å². The smallest absolute Gasteiger partial charge is 0.326 e. The van der Waals surface area contributed by atoms with Crippen molar-refractivity contribution in [3.8, 4) is 0 Å². The first kappa shape index (κ1) is 31.3. The number of hydrogen-bond acceptors (Lipinski definition) is 6. The Morgan fingerprint density at radius 1 is 1.05 bits per heavy atom. The first-order valence-electron chi connectivity index (χ1n) is 14.6. The Morgan fingerprint density at radius 3 is 2.36 bits per heavy atom. The van der Waals surface area contributed by atoms with Gasteiger partial charge in [0.1, 0.15) is 12.2 Å². The van der Waals surface area contributed by atoms with E-state index in [0.717, 1.165) is 38.5 Å². The minimum absolute atomic E-state index is 0.149. The first-order chi connectivity index (χ1) is 18.6. The number of unbranched alkanes of at least 4 members (excludes halogenated alkanes) is 1. The molecule has 0 aromatic heterocycles. The standard InChI is InChI=1S/C30H46NO7P/c1-4-28(33)37-30(22(2)3)38-39(36,18-12-11-15-23-13-7-5-8-14-23)21-27(32)31-20-25(19-26(31)29(34)35)24-16-9-6-10-17-24/h5,7-8,13-14,22,24-26,30H,4,6,9-12,15-21H2,1-3H3,(H,34,35)/t25-,26+,30+,39?/m1/s1. The van der Waals surface area contributed by atoms with E-state index in [2.05, 4.69) is 0 Å². The van der Waals surface area contributed by atoms with E-state index in [1.807, 2.05) is 44.2 Å². The van der Waals surface area contributed by atoms with E-state index in [0.29, 0.717) is 25.3 Å². The molecule has 1 aliphatic carbocycles. The highest BCUT2D eigenvalue weighted by atomic mass is 31.2. The summed E-state index contributed by atoms with van der Waals surface area (Å²) in [5.74, 6) is -1.61. The Bertz CT molecular complexity index is 992. The van der Waals surface area contributed by atoms with E-state index in [1.165, 1.54) is 16.9 Å². The molecule has 39 heavy (non-hydrogen) atoms. The summed E-state index contributed by atoms with van der Waals surface area (Å²) in [4.78, 5) is 39.2. The number of carbonyl (C=O) groups is 3. The lowest BCUT2D eigenvalue weighted by atomic mass is 9.79. The Kier molecular flexibility index (Phi) is 12.1. The number of hydrogen-bond donors (Lipinski definition) is 1. The number of aryl methyl sites for hydroxylation is 1. The van der Waals surface area contributed by atoms with Crippen molar-refractivity contribution in [3.05, 3.63) is 35.9 Å². The van der Waals surface area contributed by atoms with E-state index in [9.17, 15) is 24.1 Å². The van der Waals surface area contributed by atoms with Gasteiger partial charge in [0.15, 0.2) is 0 Å². The molecule has 1 aliphatic heterocycles. The number of nitrogens with zero attached hydrogens (tertiary/aromatic N) is 1. The summed E-state index contributed by atoms with van der Waals surface area (Å²) in [5, 5.41) is 9.92. The van der Waals surface area contributed by atoms with Gasteiger partial charge in [-0.05, 0) is 43.1 Å². The Balaban J connectivity index is 1.73. The Labute approximate surface area is 233 Å². The Morgan fingerprint density at radius 2 is 1.74 bits per heavy atom. The highest BCUT2D eigenvalue weighted by Gasteiger charge is 2.44. The van der Waals surface area contributed by atoms with Crippen molar-refractivity contribution < 1.29 is 33.3 Å². The number of rotatable bonds is 14. The topological polar surface area (TPSA) is 110 Å². The lowest BCUT2D eigenvalue weighted by Crippen LogP contribution is -2.42. The van der Waals surface area contributed by atoms with Gasteiger partial charge in [-0.2, -0.15) is 0 Å². The molecule has 4 atom stereocenters. The van der Waals surface area contributed by atoms with Crippen molar-refractivity contribution in [2.24, 2.45) is 17.8 Å². The van der Waals surface area contributed by atoms with Crippen LogP contribution in [-0.4, -0.2) is 59.1 Å². The third kappa shape index (κ3) is 9.46. The lowest BCUT2D eigenvalue weighted by molar-refractivity contribution is -0.169. The van der Waals surface area contributed by atoms with Crippen LogP contribution >= 0.6 is 7.37 Å². The van der Waals surface area contributed by atoms with Gasteiger partial charge in [0.05, 0.1) is 0 Å². The second kappa shape index (κ2) is 15.0. The summed E-state index contributed by atoms with van der Waals surface area (Å²) in [6.45, 7) is 5.68. The zero-order valence-corrected chi connectivity index (χ0v) is 24.7. The molecule has 2 aliphatic rings. The number of likely N-dealkylation sites (tertiary alicyclic amines) is 1. The fourth-order valence-corrected chi connectivity index (χ4v) is 8.10. The van der Waals surface area contributed by atoms with Crippen LogP contribution in [0.4, 0.5) is 0 Å². The third-order valence-corrected chi connectivity index (χ3v) is 10.4. The van der Waals surface area contributed by atoms with E-state index < -0.39 is 37.5 Å². The molecule has 1 unspecified atom stereocenters. The molecular weight excluding hydrogens is 517 g/mol. The normalized spacial score (nSPS) is 22.4. The summed E-state index contributed by atoms with van der Waals surface area (Å²) in [7, 11) is -3.60. The van der Waals surface area contributed by atoms with Crippen LogP contribution in [0.2, 0.25) is 0 Å². The molecule has 1 N–H and O–H groups in total. The second-order valence-electron chi connectivity index (χ2n) is 11.5. The number of carboxylic acid groups (broad SMARTS) is 1. The van der Waals surface area contributed by atoms with Crippen LogP contribution in [0.25, 0.3) is 0 Å². The van der Waals surface area contributed by atoms with Gasteiger partial charge in [0.2, 0.25) is 19.6 Å². The number of ether oxygens (including phenoxy) is 1. The summed E-state index contributed by atoms with van der Waals surface area (Å²) in [6.07, 6.45) is 7.12. The van der Waals surface area contributed by atoms with Crippen LogP contribution in [0.15, 0.2) is 30.3 Å². The van der Waals surface area contributed by atoms with E-state index in [-0.39, 0.29) is 30.6 Å². The van der Waals surface area contributed by atoms with Gasteiger partial charge in [0.25, 0.3) is 0 Å². The van der Waals surface area contributed by atoms with Crippen molar-refractivity contribution in [1.29, 1.82) is 0 Å². The van der Waals surface area contributed by atoms with Crippen molar-refractivity contribution in [2.75, 3.05) is 18.9 Å². The molecule has 2 fully saturated rings. The molecule has 1 saturated heterocycles. The first-order valence-corrected chi connectivity index (χ1v) is 16.6. The molecule has 1 saturated carbocycles. The monoisotopic (exact) mass is 563 g/mol. The molecule has 0 spiro atoms. The number of carbonyl (C=O) groups excluding carboxylic acids is 2. The SMILES string of the molecule is CCC(=O)O[C@@H](OP(=O)(CCCCc1ccccc1)CC(=O)N1C[C@H](C2CCCCC2)C[C@H]1C(=O)O)C(C)C. The predicted molar refractivity (Wildman–Crippen MR) is 151 cm³/mol.